The second-order valence-electron chi connectivity index (χ2n) is 4.56. The molecule has 1 aromatic carbocycles. The second kappa shape index (κ2) is 10.6. The molecule has 5 heteroatoms. The third kappa shape index (κ3) is 6.84. The fourth-order valence-electron chi connectivity index (χ4n) is 1.91. The molecule has 0 aliphatic carbocycles. The fourth-order valence-corrected chi connectivity index (χ4v) is 1.91. The Labute approximate surface area is 120 Å². The van der Waals surface area contributed by atoms with Gasteiger partial charge in [0, 0.05) is 32.5 Å². The lowest BCUT2D eigenvalue weighted by Crippen LogP contribution is -2.28. The predicted octanol–water partition coefficient (Wildman–Crippen LogP) is 2.03. The zero-order valence-corrected chi connectivity index (χ0v) is 12.2. The summed E-state index contributed by atoms with van der Waals surface area (Å²) in [6.07, 6.45) is 1.84. The Morgan fingerprint density at radius 2 is 1.75 bits per heavy atom. The molecule has 0 heterocycles. The average Bonchev–Trinajstić information content (AvgIpc) is 2.47. The smallest absolute Gasteiger partial charge is 0.123 e. The molecule has 0 saturated heterocycles. The first kappa shape index (κ1) is 16.9. The summed E-state index contributed by atoms with van der Waals surface area (Å²) in [6, 6.07) is 6.58. The van der Waals surface area contributed by atoms with Crippen molar-refractivity contribution in [2.24, 2.45) is 5.73 Å². The summed E-state index contributed by atoms with van der Waals surface area (Å²) in [6.45, 7) is 4.34. The summed E-state index contributed by atoms with van der Waals surface area (Å²) in [7, 11) is 1.66. The molecular weight excluding hydrogens is 259 g/mol. The van der Waals surface area contributed by atoms with Crippen molar-refractivity contribution in [3.05, 3.63) is 30.1 Å². The molecule has 0 radical (unpaired) electrons. The summed E-state index contributed by atoms with van der Waals surface area (Å²) in [5.41, 5.74) is 6.59. The minimum atomic E-state index is -0.213. The number of ether oxygens (including phenoxy) is 2. The molecule has 0 spiro atoms. The number of hydrogen-bond donors (Lipinski definition) is 1. The number of hydrogen-bond acceptors (Lipinski definition) is 4. The highest BCUT2D eigenvalue weighted by atomic mass is 19.1. The van der Waals surface area contributed by atoms with Crippen LogP contribution in [0.15, 0.2) is 24.3 Å². The van der Waals surface area contributed by atoms with Crippen molar-refractivity contribution in [1.82, 2.24) is 0 Å². The van der Waals surface area contributed by atoms with Crippen LogP contribution in [0.5, 0.6) is 0 Å². The predicted molar refractivity (Wildman–Crippen MR) is 79.6 cm³/mol. The number of halogens is 1. The summed E-state index contributed by atoms with van der Waals surface area (Å²) < 4.78 is 23.3. The maximum Gasteiger partial charge on any atom is 0.123 e. The molecule has 4 nitrogen and oxygen atoms in total. The number of rotatable bonds is 11. The zero-order chi connectivity index (χ0) is 14.6. The van der Waals surface area contributed by atoms with Crippen LogP contribution < -0.4 is 10.6 Å². The van der Waals surface area contributed by atoms with Gasteiger partial charge in [0.05, 0.1) is 13.2 Å². The molecule has 0 aromatic heterocycles. The molecule has 0 aliphatic heterocycles. The minimum Gasteiger partial charge on any atom is -0.382 e. The molecule has 0 saturated carbocycles. The molecule has 0 atom stereocenters. The van der Waals surface area contributed by atoms with Crippen LogP contribution in [0, 0.1) is 5.82 Å². The van der Waals surface area contributed by atoms with Crippen LogP contribution in [0.1, 0.15) is 12.8 Å². The highest BCUT2D eigenvalue weighted by molar-refractivity contribution is 5.46. The van der Waals surface area contributed by atoms with Gasteiger partial charge < -0.3 is 20.1 Å². The van der Waals surface area contributed by atoms with Crippen LogP contribution in [-0.2, 0) is 9.47 Å². The highest BCUT2D eigenvalue weighted by Gasteiger charge is 2.06. The molecule has 1 aromatic rings. The van der Waals surface area contributed by atoms with E-state index in [1.165, 1.54) is 12.1 Å². The van der Waals surface area contributed by atoms with Crippen molar-refractivity contribution < 1.29 is 13.9 Å². The Balaban J connectivity index is 2.37. The molecule has 114 valence electrons. The van der Waals surface area contributed by atoms with Crippen molar-refractivity contribution in [3.8, 4) is 0 Å². The average molecular weight is 284 g/mol. The molecular formula is C15H25FN2O2. The van der Waals surface area contributed by atoms with E-state index in [1.807, 2.05) is 0 Å². The van der Waals surface area contributed by atoms with Gasteiger partial charge in [-0.3, -0.25) is 0 Å². The number of nitrogens with two attached hydrogens (primary N) is 1. The van der Waals surface area contributed by atoms with E-state index in [4.69, 9.17) is 15.2 Å². The van der Waals surface area contributed by atoms with Crippen LogP contribution in [0.4, 0.5) is 10.1 Å². The zero-order valence-electron chi connectivity index (χ0n) is 12.2. The van der Waals surface area contributed by atoms with Crippen LogP contribution in [0.25, 0.3) is 0 Å². The van der Waals surface area contributed by atoms with Gasteiger partial charge in [-0.05, 0) is 43.7 Å². The van der Waals surface area contributed by atoms with Crippen LogP contribution in [0.2, 0.25) is 0 Å². The van der Waals surface area contributed by atoms with E-state index in [9.17, 15) is 4.39 Å². The number of benzene rings is 1. The molecule has 0 fully saturated rings. The van der Waals surface area contributed by atoms with Crippen LogP contribution >= 0.6 is 0 Å². The molecule has 20 heavy (non-hydrogen) atoms. The molecule has 0 bridgehead atoms. The highest BCUT2D eigenvalue weighted by Crippen LogP contribution is 2.15. The van der Waals surface area contributed by atoms with Gasteiger partial charge in [0.1, 0.15) is 5.82 Å². The Kier molecular flexibility index (Phi) is 8.95. The fraction of sp³-hybridized carbons (Fsp3) is 0.600. The first-order valence-electron chi connectivity index (χ1n) is 7.05. The molecule has 0 unspecified atom stereocenters. The maximum absolute atomic E-state index is 13.0. The van der Waals surface area contributed by atoms with Gasteiger partial charge in [0.15, 0.2) is 0 Å². The van der Waals surface area contributed by atoms with E-state index < -0.39 is 0 Å². The van der Waals surface area contributed by atoms with E-state index >= 15 is 0 Å². The largest absolute Gasteiger partial charge is 0.382 e. The van der Waals surface area contributed by atoms with Crippen molar-refractivity contribution in [2.75, 3.05) is 51.5 Å². The minimum absolute atomic E-state index is 0.213. The lowest BCUT2D eigenvalue weighted by atomic mass is 10.2. The van der Waals surface area contributed by atoms with Gasteiger partial charge in [0.2, 0.25) is 0 Å². The first-order valence-corrected chi connectivity index (χ1v) is 7.05. The lowest BCUT2D eigenvalue weighted by molar-refractivity contribution is 0.0700. The summed E-state index contributed by atoms with van der Waals surface area (Å²) in [5.74, 6) is -0.213. The first-order chi connectivity index (χ1) is 9.77. The van der Waals surface area contributed by atoms with Gasteiger partial charge in [-0.1, -0.05) is 0 Å². The molecule has 2 N–H and O–H groups in total. The third-order valence-electron chi connectivity index (χ3n) is 2.97. The van der Waals surface area contributed by atoms with E-state index in [0.717, 1.165) is 31.6 Å². The van der Waals surface area contributed by atoms with Crippen molar-refractivity contribution in [1.29, 1.82) is 0 Å². The topological polar surface area (TPSA) is 47.7 Å². The van der Waals surface area contributed by atoms with E-state index in [1.54, 1.807) is 19.2 Å². The van der Waals surface area contributed by atoms with Gasteiger partial charge in [0.25, 0.3) is 0 Å². The van der Waals surface area contributed by atoms with Gasteiger partial charge in [-0.15, -0.1) is 0 Å². The quantitative estimate of drug-likeness (QED) is 0.632. The Bertz CT molecular complexity index is 346. The van der Waals surface area contributed by atoms with Crippen LogP contribution in [-0.4, -0.2) is 46.6 Å². The van der Waals surface area contributed by atoms with Crippen molar-refractivity contribution >= 4 is 5.69 Å². The van der Waals surface area contributed by atoms with Crippen molar-refractivity contribution in [2.45, 2.75) is 12.8 Å². The van der Waals surface area contributed by atoms with Gasteiger partial charge >= 0.3 is 0 Å². The third-order valence-corrected chi connectivity index (χ3v) is 2.97. The van der Waals surface area contributed by atoms with Gasteiger partial charge in [-0.2, -0.15) is 0 Å². The van der Waals surface area contributed by atoms with E-state index in [0.29, 0.717) is 26.4 Å². The van der Waals surface area contributed by atoms with E-state index in [2.05, 4.69) is 4.90 Å². The summed E-state index contributed by atoms with van der Waals surface area (Å²) in [4.78, 5) is 2.21. The van der Waals surface area contributed by atoms with E-state index in [-0.39, 0.29) is 5.82 Å². The standard InChI is InChI=1S/C15H25FN2O2/c1-19-12-13-20-11-3-10-18(9-2-8-17)15-6-4-14(16)5-7-15/h4-7H,2-3,8-13,17H2,1H3. The summed E-state index contributed by atoms with van der Waals surface area (Å²) >= 11 is 0. The molecule has 0 amide bonds. The Morgan fingerprint density at radius 3 is 2.40 bits per heavy atom. The van der Waals surface area contributed by atoms with Crippen molar-refractivity contribution in [3.63, 3.8) is 0 Å². The SMILES string of the molecule is COCCOCCCN(CCCN)c1ccc(F)cc1. The number of nitrogens with zero attached hydrogens (tertiary/aromatic N) is 1. The van der Waals surface area contributed by atoms with Gasteiger partial charge in [-0.25, -0.2) is 4.39 Å². The normalized spacial score (nSPS) is 10.8. The number of methoxy groups -OCH3 is 1. The molecule has 1 rings (SSSR count). The number of anilines is 1. The lowest BCUT2D eigenvalue weighted by Gasteiger charge is -2.24. The monoisotopic (exact) mass is 284 g/mol. The molecule has 0 aliphatic rings. The Hall–Kier alpha value is -1.17. The van der Waals surface area contributed by atoms with Crippen LogP contribution in [0.3, 0.4) is 0 Å². The second-order valence-corrected chi connectivity index (χ2v) is 4.56. The summed E-state index contributed by atoms with van der Waals surface area (Å²) in [5, 5.41) is 0. The maximum atomic E-state index is 13.0. The Morgan fingerprint density at radius 1 is 1.05 bits per heavy atom.